The van der Waals surface area contributed by atoms with Crippen LogP contribution in [-0.2, 0) is 9.84 Å². The Kier molecular flexibility index (Phi) is 4.06. The average Bonchev–Trinajstić information content (AvgIpc) is 2.37. The van der Waals surface area contributed by atoms with Crippen LogP contribution in [0, 0.1) is 0 Å². The van der Waals surface area contributed by atoms with Crippen molar-refractivity contribution in [1.29, 1.82) is 0 Å². The second kappa shape index (κ2) is 5.56. The Morgan fingerprint density at radius 1 is 1.39 bits per heavy atom. The van der Waals surface area contributed by atoms with Crippen molar-refractivity contribution in [2.45, 2.75) is 13.3 Å². The summed E-state index contributed by atoms with van der Waals surface area (Å²) in [6.07, 6.45) is 2.81. The van der Waals surface area contributed by atoms with Gasteiger partial charge in [0, 0.05) is 37.6 Å². The Morgan fingerprint density at radius 2 is 2.11 bits per heavy atom. The Bertz CT molecular complexity index is 488. The quantitative estimate of drug-likeness (QED) is 0.888. The number of hydrogen-bond acceptors (Lipinski definition) is 5. The molecule has 0 unspecified atom stereocenters. The number of nitrogens with one attached hydrogen (secondary N) is 1. The molecule has 1 N–H and O–H groups in total. The summed E-state index contributed by atoms with van der Waals surface area (Å²) in [4.78, 5) is 6.34. The molecule has 1 saturated heterocycles. The number of aromatic nitrogens is 1. The Balaban J connectivity index is 2.05. The lowest BCUT2D eigenvalue weighted by Crippen LogP contribution is -2.40. The predicted molar refractivity (Wildman–Crippen MR) is 73.9 cm³/mol. The van der Waals surface area contributed by atoms with Crippen molar-refractivity contribution in [1.82, 2.24) is 4.98 Å². The summed E-state index contributed by atoms with van der Waals surface area (Å²) in [6.45, 7) is 4.14. The fourth-order valence-corrected chi connectivity index (χ4v) is 3.14. The molecule has 1 fully saturated rings. The SMILES string of the molecule is CCCNc1cc(N2CCS(=O)(=O)CC2)ccn1. The van der Waals surface area contributed by atoms with E-state index in [1.54, 1.807) is 6.20 Å². The molecule has 0 bridgehead atoms. The van der Waals surface area contributed by atoms with Crippen molar-refractivity contribution < 1.29 is 8.42 Å². The van der Waals surface area contributed by atoms with Crippen molar-refractivity contribution >= 4 is 21.3 Å². The molecule has 0 aliphatic carbocycles. The van der Waals surface area contributed by atoms with Crippen LogP contribution >= 0.6 is 0 Å². The van der Waals surface area contributed by atoms with Gasteiger partial charge in [0.15, 0.2) is 9.84 Å². The predicted octanol–water partition coefficient (Wildman–Crippen LogP) is 1.14. The molecule has 0 aromatic carbocycles. The molecule has 0 spiro atoms. The number of nitrogens with zero attached hydrogens (tertiary/aromatic N) is 2. The van der Waals surface area contributed by atoms with Crippen molar-refractivity contribution in [3.8, 4) is 0 Å². The first-order valence-corrected chi connectivity index (χ1v) is 8.08. The third-order valence-electron chi connectivity index (χ3n) is 3.01. The van der Waals surface area contributed by atoms with Gasteiger partial charge in [0.05, 0.1) is 11.5 Å². The van der Waals surface area contributed by atoms with Gasteiger partial charge >= 0.3 is 0 Å². The van der Waals surface area contributed by atoms with Crippen LogP contribution < -0.4 is 10.2 Å². The zero-order valence-corrected chi connectivity index (χ0v) is 11.4. The number of hydrogen-bond donors (Lipinski definition) is 1. The molecule has 2 rings (SSSR count). The molecule has 1 aliphatic rings. The van der Waals surface area contributed by atoms with Crippen molar-refractivity contribution in [2.75, 3.05) is 41.4 Å². The van der Waals surface area contributed by atoms with Crippen molar-refractivity contribution in [3.63, 3.8) is 0 Å². The van der Waals surface area contributed by atoms with Gasteiger partial charge in [-0.05, 0) is 12.5 Å². The van der Waals surface area contributed by atoms with E-state index >= 15 is 0 Å². The molecule has 1 aliphatic heterocycles. The van der Waals surface area contributed by atoms with Crippen molar-refractivity contribution in [2.24, 2.45) is 0 Å². The normalized spacial score (nSPS) is 18.6. The molecule has 1 aromatic heterocycles. The van der Waals surface area contributed by atoms with Crippen LogP contribution in [0.3, 0.4) is 0 Å². The smallest absolute Gasteiger partial charge is 0.153 e. The molecule has 0 saturated carbocycles. The standard InChI is InChI=1S/C12H19N3O2S/c1-2-4-13-12-10-11(3-5-14-12)15-6-8-18(16,17)9-7-15/h3,5,10H,2,4,6-9H2,1H3,(H,13,14). The van der Waals surface area contributed by atoms with Crippen LogP contribution in [0.2, 0.25) is 0 Å². The minimum atomic E-state index is -2.82. The van der Waals surface area contributed by atoms with E-state index in [9.17, 15) is 8.42 Å². The van der Waals surface area contributed by atoms with Gasteiger partial charge < -0.3 is 10.2 Å². The highest BCUT2D eigenvalue weighted by atomic mass is 32.2. The molecular formula is C12H19N3O2S. The summed E-state index contributed by atoms with van der Waals surface area (Å²) in [5.74, 6) is 1.34. The van der Waals surface area contributed by atoms with Gasteiger partial charge in [0.25, 0.3) is 0 Å². The number of pyridine rings is 1. The third kappa shape index (κ3) is 3.35. The third-order valence-corrected chi connectivity index (χ3v) is 4.62. The van der Waals surface area contributed by atoms with E-state index in [2.05, 4.69) is 22.1 Å². The number of rotatable bonds is 4. The molecule has 5 nitrogen and oxygen atoms in total. The molecule has 100 valence electrons. The fraction of sp³-hybridized carbons (Fsp3) is 0.583. The van der Waals surface area contributed by atoms with Gasteiger partial charge in [0.2, 0.25) is 0 Å². The largest absolute Gasteiger partial charge is 0.370 e. The highest BCUT2D eigenvalue weighted by Gasteiger charge is 2.21. The van der Waals surface area contributed by atoms with E-state index in [4.69, 9.17) is 0 Å². The van der Waals surface area contributed by atoms with Crippen molar-refractivity contribution in [3.05, 3.63) is 18.3 Å². The van der Waals surface area contributed by atoms with E-state index in [1.165, 1.54) is 0 Å². The second-order valence-electron chi connectivity index (χ2n) is 4.46. The maximum atomic E-state index is 11.4. The lowest BCUT2D eigenvalue weighted by Gasteiger charge is -2.28. The molecule has 6 heteroatoms. The van der Waals surface area contributed by atoms with Crippen LogP contribution in [0.1, 0.15) is 13.3 Å². The minimum Gasteiger partial charge on any atom is -0.370 e. The molecule has 0 atom stereocenters. The molecule has 0 amide bonds. The van der Waals surface area contributed by atoms with Gasteiger partial charge in [-0.1, -0.05) is 6.92 Å². The highest BCUT2D eigenvalue weighted by molar-refractivity contribution is 7.91. The maximum absolute atomic E-state index is 11.4. The number of anilines is 2. The van der Waals surface area contributed by atoms with E-state index in [0.717, 1.165) is 24.5 Å². The summed E-state index contributed by atoms with van der Waals surface area (Å²) in [7, 11) is -2.82. The zero-order chi connectivity index (χ0) is 13.0. The molecule has 0 radical (unpaired) electrons. The minimum absolute atomic E-state index is 0.243. The first-order chi connectivity index (χ1) is 8.61. The number of sulfone groups is 1. The van der Waals surface area contributed by atoms with E-state index in [-0.39, 0.29) is 11.5 Å². The van der Waals surface area contributed by atoms with Gasteiger partial charge in [-0.25, -0.2) is 13.4 Å². The summed E-state index contributed by atoms with van der Waals surface area (Å²) in [5.41, 5.74) is 1.04. The molecule has 18 heavy (non-hydrogen) atoms. The van der Waals surface area contributed by atoms with Gasteiger partial charge in [-0.15, -0.1) is 0 Å². The Labute approximate surface area is 108 Å². The zero-order valence-electron chi connectivity index (χ0n) is 10.6. The molecule has 1 aromatic rings. The first kappa shape index (κ1) is 13.1. The van der Waals surface area contributed by atoms with E-state index in [0.29, 0.717) is 13.1 Å². The summed E-state index contributed by atoms with van der Waals surface area (Å²) in [6, 6.07) is 3.91. The first-order valence-electron chi connectivity index (χ1n) is 6.26. The topological polar surface area (TPSA) is 62.3 Å². The average molecular weight is 269 g/mol. The Morgan fingerprint density at radius 3 is 2.78 bits per heavy atom. The van der Waals surface area contributed by atoms with Crippen LogP contribution in [0.4, 0.5) is 11.5 Å². The molecule has 2 heterocycles. The lowest BCUT2D eigenvalue weighted by atomic mass is 10.3. The Hall–Kier alpha value is -1.30. The second-order valence-corrected chi connectivity index (χ2v) is 6.77. The van der Waals surface area contributed by atoms with Gasteiger partial charge in [-0.2, -0.15) is 0 Å². The monoisotopic (exact) mass is 269 g/mol. The fourth-order valence-electron chi connectivity index (χ4n) is 1.94. The molecular weight excluding hydrogens is 250 g/mol. The highest BCUT2D eigenvalue weighted by Crippen LogP contribution is 2.19. The van der Waals surface area contributed by atoms with E-state index in [1.807, 2.05) is 12.1 Å². The summed E-state index contributed by atoms with van der Waals surface area (Å²) < 4.78 is 22.8. The maximum Gasteiger partial charge on any atom is 0.153 e. The van der Waals surface area contributed by atoms with E-state index < -0.39 is 9.84 Å². The summed E-state index contributed by atoms with van der Waals surface area (Å²) >= 11 is 0. The van der Waals surface area contributed by atoms with Gasteiger partial charge in [-0.3, -0.25) is 0 Å². The summed E-state index contributed by atoms with van der Waals surface area (Å²) in [5, 5.41) is 3.23. The van der Waals surface area contributed by atoms with Crippen LogP contribution in [0.15, 0.2) is 18.3 Å². The van der Waals surface area contributed by atoms with Crippen LogP contribution in [0.25, 0.3) is 0 Å². The van der Waals surface area contributed by atoms with Crippen LogP contribution in [-0.4, -0.2) is 44.5 Å². The lowest BCUT2D eigenvalue weighted by molar-refractivity contribution is 0.587. The van der Waals surface area contributed by atoms with Crippen LogP contribution in [0.5, 0.6) is 0 Å². The van der Waals surface area contributed by atoms with Gasteiger partial charge in [0.1, 0.15) is 5.82 Å².